The van der Waals surface area contributed by atoms with E-state index in [2.05, 4.69) is 13.8 Å². The summed E-state index contributed by atoms with van der Waals surface area (Å²) in [6.07, 6.45) is 63.6. The number of hydrogen-bond acceptors (Lipinski definition) is 4. The highest BCUT2D eigenvalue weighted by atomic mass is 16.6. The molecular weight excluding hydrogens is 713 g/mol. The van der Waals surface area contributed by atoms with Crippen LogP contribution in [0.2, 0.25) is 0 Å². The standard InChI is InChI=1S/C54H108O4/c1-3-5-7-9-11-13-15-17-19-21-23-25-27-29-31-33-35-37-39-41-43-45-47-49-54(56)58-53(51-55)52-57-50-48-46-44-42-40-38-36-34-32-30-28-26-24-22-20-18-16-14-12-10-8-6-4-2/h53,55H,3-52H2,1-2H3. The predicted molar refractivity (Wildman–Crippen MR) is 256 cm³/mol. The third-order valence-electron chi connectivity index (χ3n) is 12.7. The molecule has 4 heteroatoms. The molecule has 0 aromatic heterocycles. The molecule has 0 saturated heterocycles. The van der Waals surface area contributed by atoms with E-state index in [0.29, 0.717) is 19.6 Å². The van der Waals surface area contributed by atoms with Crippen molar-refractivity contribution in [3.63, 3.8) is 0 Å². The minimum atomic E-state index is -0.526. The third kappa shape index (κ3) is 49.8. The molecule has 0 aliphatic heterocycles. The van der Waals surface area contributed by atoms with E-state index in [1.54, 1.807) is 0 Å². The second-order valence-electron chi connectivity index (χ2n) is 18.7. The fraction of sp³-hybridized carbons (Fsp3) is 0.981. The molecule has 0 spiro atoms. The van der Waals surface area contributed by atoms with Crippen LogP contribution in [-0.2, 0) is 14.3 Å². The molecule has 58 heavy (non-hydrogen) atoms. The SMILES string of the molecule is CCCCCCCCCCCCCCCCCCCCCCCCCOCC(CO)OC(=O)CCCCCCCCCCCCCCCCCCCCCCCCC. The number of aliphatic hydroxyl groups excluding tert-OH is 1. The van der Waals surface area contributed by atoms with Gasteiger partial charge in [-0.15, -0.1) is 0 Å². The van der Waals surface area contributed by atoms with Gasteiger partial charge in [0, 0.05) is 13.0 Å². The van der Waals surface area contributed by atoms with Crippen molar-refractivity contribution in [3.8, 4) is 0 Å². The molecule has 4 nitrogen and oxygen atoms in total. The molecule has 0 rings (SSSR count). The van der Waals surface area contributed by atoms with Gasteiger partial charge in [0.15, 0.2) is 0 Å². The zero-order valence-electron chi connectivity index (χ0n) is 40.1. The first-order valence-electron chi connectivity index (χ1n) is 27.1. The second kappa shape index (κ2) is 52.5. The Morgan fingerprint density at radius 2 is 0.569 bits per heavy atom. The van der Waals surface area contributed by atoms with Crippen LogP contribution in [-0.4, -0.2) is 37.0 Å². The number of hydrogen-bond donors (Lipinski definition) is 1. The van der Waals surface area contributed by atoms with Crippen LogP contribution in [0.4, 0.5) is 0 Å². The maximum atomic E-state index is 12.3. The number of unbranched alkanes of at least 4 members (excludes halogenated alkanes) is 44. The maximum absolute atomic E-state index is 12.3. The van der Waals surface area contributed by atoms with Crippen LogP contribution in [0.3, 0.4) is 0 Å². The van der Waals surface area contributed by atoms with Crippen LogP contribution in [0.25, 0.3) is 0 Å². The van der Waals surface area contributed by atoms with E-state index in [0.717, 1.165) is 19.3 Å². The summed E-state index contributed by atoms with van der Waals surface area (Å²) in [6.45, 7) is 5.43. The first kappa shape index (κ1) is 57.4. The van der Waals surface area contributed by atoms with Gasteiger partial charge in [-0.2, -0.15) is 0 Å². The lowest BCUT2D eigenvalue weighted by molar-refractivity contribution is -0.154. The van der Waals surface area contributed by atoms with Crippen molar-refractivity contribution in [2.24, 2.45) is 0 Å². The average Bonchev–Trinajstić information content (AvgIpc) is 3.23. The third-order valence-corrected chi connectivity index (χ3v) is 12.7. The summed E-state index contributed by atoms with van der Waals surface area (Å²) >= 11 is 0. The van der Waals surface area contributed by atoms with E-state index in [1.165, 1.54) is 276 Å². The Bertz CT molecular complexity index is 741. The van der Waals surface area contributed by atoms with Crippen LogP contribution in [0.1, 0.15) is 316 Å². The Morgan fingerprint density at radius 1 is 0.345 bits per heavy atom. The number of esters is 1. The van der Waals surface area contributed by atoms with E-state index >= 15 is 0 Å². The zero-order chi connectivity index (χ0) is 41.9. The summed E-state index contributed by atoms with van der Waals surface area (Å²) in [7, 11) is 0. The Kier molecular flexibility index (Phi) is 52.0. The molecule has 0 radical (unpaired) electrons. The van der Waals surface area contributed by atoms with Crippen molar-refractivity contribution in [2.45, 2.75) is 322 Å². The van der Waals surface area contributed by atoms with E-state index in [1.807, 2.05) is 0 Å². The normalized spacial score (nSPS) is 12.1. The van der Waals surface area contributed by atoms with Gasteiger partial charge in [-0.25, -0.2) is 0 Å². The van der Waals surface area contributed by atoms with Crippen molar-refractivity contribution < 1.29 is 19.4 Å². The molecule has 1 N–H and O–H groups in total. The molecule has 0 aromatic carbocycles. The highest BCUT2D eigenvalue weighted by Crippen LogP contribution is 2.18. The minimum absolute atomic E-state index is 0.162. The molecule has 1 unspecified atom stereocenters. The smallest absolute Gasteiger partial charge is 0.306 e. The maximum Gasteiger partial charge on any atom is 0.306 e. The molecular formula is C54H108O4. The van der Waals surface area contributed by atoms with Gasteiger partial charge in [0.25, 0.3) is 0 Å². The van der Waals surface area contributed by atoms with Crippen LogP contribution in [0.5, 0.6) is 0 Å². The van der Waals surface area contributed by atoms with Gasteiger partial charge in [-0.1, -0.05) is 296 Å². The topological polar surface area (TPSA) is 55.8 Å². The van der Waals surface area contributed by atoms with Gasteiger partial charge < -0.3 is 14.6 Å². The van der Waals surface area contributed by atoms with Crippen molar-refractivity contribution in [3.05, 3.63) is 0 Å². The van der Waals surface area contributed by atoms with Crippen LogP contribution in [0, 0.1) is 0 Å². The van der Waals surface area contributed by atoms with Gasteiger partial charge in [0.1, 0.15) is 6.10 Å². The number of ether oxygens (including phenoxy) is 2. The Labute approximate surface area is 365 Å². The molecule has 0 aliphatic carbocycles. The van der Waals surface area contributed by atoms with Crippen LogP contribution < -0.4 is 0 Å². The number of carbonyl (C=O) groups is 1. The first-order valence-corrected chi connectivity index (χ1v) is 27.1. The summed E-state index contributed by atoms with van der Waals surface area (Å²) in [5, 5.41) is 9.66. The fourth-order valence-electron chi connectivity index (χ4n) is 8.63. The highest BCUT2D eigenvalue weighted by Gasteiger charge is 2.13. The van der Waals surface area contributed by atoms with Crippen molar-refractivity contribution >= 4 is 5.97 Å². The van der Waals surface area contributed by atoms with E-state index < -0.39 is 6.10 Å². The van der Waals surface area contributed by atoms with Gasteiger partial charge >= 0.3 is 5.97 Å². The average molecular weight is 821 g/mol. The first-order chi connectivity index (χ1) is 28.7. The quantitative estimate of drug-likeness (QED) is 0.0490. The summed E-state index contributed by atoms with van der Waals surface area (Å²) < 4.78 is 11.2. The van der Waals surface area contributed by atoms with E-state index in [4.69, 9.17) is 9.47 Å². The van der Waals surface area contributed by atoms with Crippen LogP contribution in [0.15, 0.2) is 0 Å². The zero-order valence-corrected chi connectivity index (χ0v) is 40.1. The Morgan fingerprint density at radius 3 is 0.810 bits per heavy atom. The molecule has 348 valence electrons. The number of rotatable bonds is 52. The summed E-state index contributed by atoms with van der Waals surface area (Å²) in [5.41, 5.74) is 0. The Balaban J connectivity index is 3.31. The molecule has 0 heterocycles. The molecule has 0 aliphatic rings. The largest absolute Gasteiger partial charge is 0.457 e. The van der Waals surface area contributed by atoms with Crippen molar-refractivity contribution in [2.75, 3.05) is 19.8 Å². The van der Waals surface area contributed by atoms with Crippen molar-refractivity contribution in [1.29, 1.82) is 0 Å². The second-order valence-corrected chi connectivity index (χ2v) is 18.7. The monoisotopic (exact) mass is 821 g/mol. The summed E-state index contributed by atoms with van der Waals surface area (Å²) in [4.78, 5) is 12.3. The predicted octanol–water partition coefficient (Wildman–Crippen LogP) is 18.3. The summed E-state index contributed by atoms with van der Waals surface area (Å²) in [5.74, 6) is -0.189. The lowest BCUT2D eigenvalue weighted by atomic mass is 10.0. The molecule has 0 fully saturated rings. The molecule has 0 saturated carbocycles. The van der Waals surface area contributed by atoms with Gasteiger partial charge in [0.05, 0.1) is 13.2 Å². The molecule has 0 aromatic rings. The number of carbonyl (C=O) groups excluding carboxylic acids is 1. The molecule has 0 amide bonds. The fourth-order valence-corrected chi connectivity index (χ4v) is 8.63. The van der Waals surface area contributed by atoms with E-state index in [-0.39, 0.29) is 12.6 Å². The van der Waals surface area contributed by atoms with Crippen molar-refractivity contribution in [1.82, 2.24) is 0 Å². The van der Waals surface area contributed by atoms with Gasteiger partial charge in [-0.3, -0.25) is 4.79 Å². The highest BCUT2D eigenvalue weighted by molar-refractivity contribution is 5.69. The lowest BCUT2D eigenvalue weighted by Gasteiger charge is -2.16. The lowest BCUT2D eigenvalue weighted by Crippen LogP contribution is -2.27. The van der Waals surface area contributed by atoms with Gasteiger partial charge in [-0.05, 0) is 12.8 Å². The Hall–Kier alpha value is -0.610. The van der Waals surface area contributed by atoms with Crippen LogP contribution >= 0.6 is 0 Å². The minimum Gasteiger partial charge on any atom is -0.457 e. The van der Waals surface area contributed by atoms with Gasteiger partial charge in [0.2, 0.25) is 0 Å². The molecule has 0 bridgehead atoms. The number of aliphatic hydroxyl groups is 1. The van der Waals surface area contributed by atoms with E-state index in [9.17, 15) is 9.90 Å². The molecule has 1 atom stereocenters. The summed E-state index contributed by atoms with van der Waals surface area (Å²) in [6, 6.07) is 0.